The van der Waals surface area contributed by atoms with Crippen LogP contribution < -0.4 is 16.0 Å². The highest BCUT2D eigenvalue weighted by atomic mass is 16.3. The van der Waals surface area contributed by atoms with Crippen molar-refractivity contribution >= 4 is 29.1 Å². The number of benzene rings is 2. The lowest BCUT2D eigenvalue weighted by Gasteiger charge is -2.08. The maximum absolute atomic E-state index is 12.4. The zero-order valence-corrected chi connectivity index (χ0v) is 16.6. The Hall–Kier alpha value is -3.87. The van der Waals surface area contributed by atoms with E-state index >= 15 is 0 Å². The first-order valence-electron chi connectivity index (χ1n) is 9.67. The Kier molecular flexibility index (Phi) is 7.00. The molecule has 7 nitrogen and oxygen atoms in total. The zero-order valence-electron chi connectivity index (χ0n) is 16.6. The van der Waals surface area contributed by atoms with Crippen LogP contribution >= 0.6 is 0 Å². The van der Waals surface area contributed by atoms with Crippen LogP contribution in [0.15, 0.2) is 71.3 Å². The number of anilines is 2. The minimum absolute atomic E-state index is 0.0117. The van der Waals surface area contributed by atoms with Crippen LogP contribution in [0.1, 0.15) is 46.2 Å². The Morgan fingerprint density at radius 1 is 0.833 bits per heavy atom. The molecule has 3 N–H and O–H groups in total. The molecule has 3 rings (SSSR count). The molecule has 3 amide bonds. The molecule has 0 fully saturated rings. The fourth-order valence-corrected chi connectivity index (χ4v) is 2.75. The van der Waals surface area contributed by atoms with Gasteiger partial charge in [0.15, 0.2) is 5.76 Å². The van der Waals surface area contributed by atoms with Crippen molar-refractivity contribution in [1.29, 1.82) is 0 Å². The van der Waals surface area contributed by atoms with E-state index in [1.807, 2.05) is 31.2 Å². The Morgan fingerprint density at radius 3 is 2.13 bits per heavy atom. The van der Waals surface area contributed by atoms with E-state index in [0.29, 0.717) is 24.2 Å². The summed E-state index contributed by atoms with van der Waals surface area (Å²) in [5.74, 6) is -0.374. The van der Waals surface area contributed by atoms with Gasteiger partial charge in [-0.1, -0.05) is 19.1 Å². The van der Waals surface area contributed by atoms with E-state index in [9.17, 15) is 14.4 Å². The second-order valence-electron chi connectivity index (χ2n) is 6.69. The molecule has 3 aromatic rings. The van der Waals surface area contributed by atoms with Gasteiger partial charge in [-0.15, -0.1) is 0 Å². The topological polar surface area (TPSA) is 100 Å². The van der Waals surface area contributed by atoms with Gasteiger partial charge in [-0.2, -0.15) is 0 Å². The number of rotatable bonds is 8. The van der Waals surface area contributed by atoms with Crippen LogP contribution in [0.5, 0.6) is 0 Å². The van der Waals surface area contributed by atoms with Crippen LogP contribution in [-0.4, -0.2) is 17.7 Å². The summed E-state index contributed by atoms with van der Waals surface area (Å²) in [7, 11) is 0. The van der Waals surface area contributed by atoms with E-state index in [0.717, 1.165) is 17.7 Å². The summed E-state index contributed by atoms with van der Waals surface area (Å²) in [5.41, 5.74) is 2.69. The Bertz CT molecular complexity index is 994. The number of carbonyl (C=O) groups excluding carboxylic acids is 3. The van der Waals surface area contributed by atoms with E-state index in [1.54, 1.807) is 36.4 Å². The van der Waals surface area contributed by atoms with Crippen molar-refractivity contribution in [2.45, 2.75) is 26.3 Å². The predicted molar refractivity (Wildman–Crippen MR) is 114 cm³/mol. The first-order chi connectivity index (χ1) is 14.5. The normalized spacial score (nSPS) is 10.3. The van der Waals surface area contributed by atoms with E-state index in [-0.39, 0.29) is 23.5 Å². The number of amides is 3. The van der Waals surface area contributed by atoms with Gasteiger partial charge in [0, 0.05) is 29.9 Å². The molecule has 0 aliphatic carbocycles. The quantitative estimate of drug-likeness (QED) is 0.523. The molecule has 0 bridgehead atoms. The van der Waals surface area contributed by atoms with Crippen molar-refractivity contribution < 1.29 is 18.8 Å². The van der Waals surface area contributed by atoms with E-state index in [1.165, 1.54) is 6.26 Å². The summed E-state index contributed by atoms with van der Waals surface area (Å²) in [6.07, 6.45) is 2.72. The third-order valence-corrected chi connectivity index (χ3v) is 4.32. The van der Waals surface area contributed by atoms with E-state index in [4.69, 9.17) is 4.42 Å². The van der Waals surface area contributed by atoms with Gasteiger partial charge >= 0.3 is 0 Å². The van der Waals surface area contributed by atoms with Gasteiger partial charge in [-0.05, 0) is 60.5 Å². The number of furan rings is 1. The Balaban J connectivity index is 1.50. The van der Waals surface area contributed by atoms with Gasteiger partial charge in [-0.3, -0.25) is 14.4 Å². The predicted octanol–water partition coefficient (Wildman–Crippen LogP) is 4.20. The molecule has 0 spiro atoms. The van der Waals surface area contributed by atoms with Crippen LogP contribution in [0.3, 0.4) is 0 Å². The standard InChI is InChI=1S/C23H23N3O4/c1-2-4-21(27)25-18-10-6-16(7-11-18)15-24-22(28)17-8-12-19(13-9-17)26-23(29)20-5-3-14-30-20/h3,5-14H,2,4,15H2,1H3,(H,24,28)(H,25,27)(H,26,29). The summed E-state index contributed by atoms with van der Waals surface area (Å²) in [4.78, 5) is 35.9. The van der Waals surface area contributed by atoms with Crippen molar-refractivity contribution in [1.82, 2.24) is 5.32 Å². The fourth-order valence-electron chi connectivity index (χ4n) is 2.75. The van der Waals surface area contributed by atoms with Crippen LogP contribution in [0, 0.1) is 0 Å². The Morgan fingerprint density at radius 2 is 1.50 bits per heavy atom. The van der Waals surface area contributed by atoms with Crippen LogP contribution in [0.2, 0.25) is 0 Å². The van der Waals surface area contributed by atoms with Gasteiger partial charge in [0.25, 0.3) is 11.8 Å². The maximum atomic E-state index is 12.4. The van der Waals surface area contributed by atoms with E-state index in [2.05, 4.69) is 16.0 Å². The molecule has 0 radical (unpaired) electrons. The molecule has 0 saturated heterocycles. The number of hydrogen-bond donors (Lipinski definition) is 3. The highest BCUT2D eigenvalue weighted by Crippen LogP contribution is 2.13. The lowest BCUT2D eigenvalue weighted by atomic mass is 10.1. The molecular formula is C23H23N3O4. The molecule has 0 saturated carbocycles. The summed E-state index contributed by atoms with van der Waals surface area (Å²) >= 11 is 0. The molecule has 154 valence electrons. The second-order valence-corrected chi connectivity index (χ2v) is 6.69. The second kappa shape index (κ2) is 10.1. The third kappa shape index (κ3) is 5.81. The monoisotopic (exact) mass is 405 g/mol. The molecular weight excluding hydrogens is 382 g/mol. The molecule has 0 aliphatic rings. The summed E-state index contributed by atoms with van der Waals surface area (Å²) in [6, 6.07) is 17.1. The molecule has 1 heterocycles. The summed E-state index contributed by atoms with van der Waals surface area (Å²) < 4.78 is 5.04. The highest BCUT2D eigenvalue weighted by Gasteiger charge is 2.10. The molecule has 2 aromatic carbocycles. The number of nitrogens with one attached hydrogen (secondary N) is 3. The molecule has 1 aromatic heterocycles. The van der Waals surface area contributed by atoms with Gasteiger partial charge in [-0.25, -0.2) is 0 Å². The fraction of sp³-hybridized carbons (Fsp3) is 0.174. The zero-order chi connectivity index (χ0) is 21.3. The van der Waals surface area contributed by atoms with Crippen molar-refractivity contribution in [3.63, 3.8) is 0 Å². The molecule has 30 heavy (non-hydrogen) atoms. The van der Waals surface area contributed by atoms with Crippen molar-refractivity contribution in [3.8, 4) is 0 Å². The highest BCUT2D eigenvalue weighted by molar-refractivity contribution is 6.02. The first kappa shape index (κ1) is 20.9. The molecule has 0 aliphatic heterocycles. The maximum Gasteiger partial charge on any atom is 0.291 e. The smallest absolute Gasteiger partial charge is 0.291 e. The van der Waals surface area contributed by atoms with E-state index < -0.39 is 0 Å². The largest absolute Gasteiger partial charge is 0.459 e. The molecule has 0 unspecified atom stereocenters. The van der Waals surface area contributed by atoms with Crippen molar-refractivity contribution in [2.75, 3.05) is 10.6 Å². The van der Waals surface area contributed by atoms with Crippen LogP contribution in [0.4, 0.5) is 11.4 Å². The number of carbonyl (C=O) groups is 3. The minimum atomic E-state index is -0.355. The average Bonchev–Trinajstić information content (AvgIpc) is 3.29. The minimum Gasteiger partial charge on any atom is -0.459 e. The van der Waals surface area contributed by atoms with Crippen LogP contribution in [-0.2, 0) is 11.3 Å². The van der Waals surface area contributed by atoms with Gasteiger partial charge in [0.2, 0.25) is 5.91 Å². The van der Waals surface area contributed by atoms with Gasteiger partial charge in [0.05, 0.1) is 6.26 Å². The summed E-state index contributed by atoms with van der Waals surface area (Å²) in [5, 5.41) is 8.38. The molecule has 0 atom stereocenters. The van der Waals surface area contributed by atoms with Crippen molar-refractivity contribution in [3.05, 3.63) is 83.8 Å². The average molecular weight is 405 g/mol. The Labute approximate surface area is 174 Å². The lowest BCUT2D eigenvalue weighted by molar-refractivity contribution is -0.116. The van der Waals surface area contributed by atoms with Gasteiger partial charge < -0.3 is 20.4 Å². The first-order valence-corrected chi connectivity index (χ1v) is 9.67. The number of hydrogen-bond acceptors (Lipinski definition) is 4. The van der Waals surface area contributed by atoms with Gasteiger partial charge in [0.1, 0.15) is 0 Å². The van der Waals surface area contributed by atoms with Crippen molar-refractivity contribution in [2.24, 2.45) is 0 Å². The lowest BCUT2D eigenvalue weighted by Crippen LogP contribution is -2.22. The third-order valence-electron chi connectivity index (χ3n) is 4.32. The SMILES string of the molecule is CCCC(=O)Nc1ccc(CNC(=O)c2ccc(NC(=O)c3ccco3)cc2)cc1. The summed E-state index contributed by atoms with van der Waals surface area (Å²) in [6.45, 7) is 2.31. The van der Waals surface area contributed by atoms with Crippen LogP contribution in [0.25, 0.3) is 0 Å². The molecule has 7 heteroatoms.